The van der Waals surface area contributed by atoms with Gasteiger partial charge < -0.3 is 0 Å². The van der Waals surface area contributed by atoms with E-state index in [9.17, 15) is 60.5 Å². The second-order valence-corrected chi connectivity index (χ2v) is 9.01. The summed E-state index contributed by atoms with van der Waals surface area (Å²) >= 11 is 0. The fraction of sp³-hybridized carbons (Fsp3) is 1.00. The molecular formula is C4F14N3OP3. The van der Waals surface area contributed by atoms with Gasteiger partial charge in [0.2, 0.25) is 0 Å². The van der Waals surface area contributed by atoms with Gasteiger partial charge in [-0.2, -0.15) is 43.7 Å². The predicted octanol–water partition coefficient (Wildman–Crippen LogP) is 8.13. The number of nitrogens with zero attached hydrogens (tertiary/aromatic N) is 3. The Morgan fingerprint density at radius 3 is 1.32 bits per heavy atom. The van der Waals surface area contributed by atoms with Gasteiger partial charge in [0.25, 0.3) is 0 Å². The predicted molar refractivity (Wildman–Crippen MR) is 55.6 cm³/mol. The first-order valence-electron chi connectivity index (χ1n) is 4.88. The lowest BCUT2D eigenvalue weighted by molar-refractivity contribution is -0.428. The highest BCUT2D eigenvalue weighted by Crippen LogP contribution is 2.83. The molecule has 4 nitrogen and oxygen atoms in total. The Bertz CT molecular complexity index is 704. The van der Waals surface area contributed by atoms with Crippen molar-refractivity contribution < 1.29 is 65.0 Å². The van der Waals surface area contributed by atoms with Crippen LogP contribution in [-0.4, -0.2) is 24.1 Å². The number of hydrogen-bond donors (Lipinski definition) is 0. The molecule has 150 valence electrons. The molecule has 1 heterocycles. The molecule has 0 N–H and O–H groups in total. The lowest BCUT2D eigenvalue weighted by Gasteiger charge is -2.33. The molecule has 21 heteroatoms. The zero-order valence-electron chi connectivity index (χ0n) is 10.4. The second kappa shape index (κ2) is 5.83. The van der Waals surface area contributed by atoms with Crippen LogP contribution in [0.4, 0.5) is 60.5 Å². The number of alkyl halides is 9. The zero-order valence-corrected chi connectivity index (χ0v) is 13.1. The summed E-state index contributed by atoms with van der Waals surface area (Å²) in [5, 5.41) is 0. The van der Waals surface area contributed by atoms with E-state index < -0.39 is 47.5 Å². The van der Waals surface area contributed by atoms with Crippen molar-refractivity contribution in [2.45, 2.75) is 24.1 Å². The summed E-state index contributed by atoms with van der Waals surface area (Å²) in [5.41, 5.74) is 0. The van der Waals surface area contributed by atoms with E-state index in [1.165, 1.54) is 13.5 Å². The van der Waals surface area contributed by atoms with Gasteiger partial charge in [0.15, 0.2) is 0 Å². The third-order valence-corrected chi connectivity index (χ3v) is 7.67. The standard InChI is InChI=1S/C4F14N3OP3/c5-1(6,3(9,10)11)2(7,8)4(12,13)22-25(18)20-23(14,15)19-24(16,17)21-25. The van der Waals surface area contributed by atoms with Crippen molar-refractivity contribution in [1.29, 1.82) is 0 Å². The summed E-state index contributed by atoms with van der Waals surface area (Å²) < 4.78 is 182. The quantitative estimate of drug-likeness (QED) is 0.306. The van der Waals surface area contributed by atoms with Crippen molar-refractivity contribution in [2.75, 3.05) is 0 Å². The average molecular weight is 465 g/mol. The SMILES string of the molecule is FC(F)(F)C(F)(F)C(F)(F)C(F)(F)OP1(F)=NP(F)(F)=NP(F)(F)=N1. The fourth-order valence-electron chi connectivity index (χ4n) is 1.05. The first kappa shape index (κ1) is 22.7. The number of halogens is 14. The molecule has 1 unspecified atom stereocenters. The molecule has 0 amide bonds. The summed E-state index contributed by atoms with van der Waals surface area (Å²) in [7, 11) is -20.7. The highest BCUT2D eigenvalue weighted by atomic mass is 31.3. The van der Waals surface area contributed by atoms with Crippen molar-refractivity contribution in [3.63, 3.8) is 0 Å². The van der Waals surface area contributed by atoms with Gasteiger partial charge in [0, 0.05) is 0 Å². The van der Waals surface area contributed by atoms with Gasteiger partial charge in [-0.15, -0.1) is 30.3 Å². The highest BCUT2D eigenvalue weighted by Gasteiger charge is 2.83. The Morgan fingerprint density at radius 2 is 0.960 bits per heavy atom. The molecule has 0 aliphatic carbocycles. The van der Waals surface area contributed by atoms with Crippen LogP contribution in [0, 0.1) is 0 Å². The third kappa shape index (κ3) is 4.33. The zero-order chi connectivity index (χ0) is 20.3. The molecule has 0 fully saturated rings. The Kier molecular flexibility index (Phi) is 5.30. The summed E-state index contributed by atoms with van der Waals surface area (Å²) in [6.45, 7) is 0. The maximum atomic E-state index is 13.5. The Morgan fingerprint density at radius 1 is 0.560 bits per heavy atom. The highest BCUT2D eigenvalue weighted by molar-refractivity contribution is 7.77. The summed E-state index contributed by atoms with van der Waals surface area (Å²) in [5.74, 6) is -15.1. The van der Waals surface area contributed by atoms with E-state index in [2.05, 4.69) is 4.52 Å². The topological polar surface area (TPSA) is 46.3 Å². The molecule has 1 atom stereocenters. The van der Waals surface area contributed by atoms with Crippen molar-refractivity contribution in [1.82, 2.24) is 0 Å². The Balaban J connectivity index is 3.46. The first-order chi connectivity index (χ1) is 10.6. The molecule has 0 saturated heterocycles. The van der Waals surface area contributed by atoms with E-state index in [0.717, 1.165) is 0 Å². The normalized spacial score (nSPS) is 27.1. The van der Waals surface area contributed by atoms with Gasteiger partial charge >= 0.3 is 47.5 Å². The van der Waals surface area contributed by atoms with Crippen LogP contribution in [0.25, 0.3) is 0 Å². The lowest BCUT2D eigenvalue weighted by Crippen LogP contribution is -2.61. The average Bonchev–Trinajstić information content (AvgIpc) is 2.18. The Labute approximate surface area is 127 Å². The maximum Gasteiger partial charge on any atom is 0.460 e. The molecule has 0 bridgehead atoms. The van der Waals surface area contributed by atoms with E-state index in [1.54, 1.807) is 0 Å². The van der Waals surface area contributed by atoms with Crippen molar-refractivity contribution in [2.24, 2.45) is 13.5 Å². The molecule has 0 spiro atoms. The molecule has 1 aliphatic rings. The van der Waals surface area contributed by atoms with Crippen molar-refractivity contribution in [3.8, 4) is 0 Å². The summed E-state index contributed by atoms with van der Waals surface area (Å²) in [6, 6.07) is 0. The van der Waals surface area contributed by atoms with Crippen LogP contribution in [0.1, 0.15) is 0 Å². The van der Waals surface area contributed by atoms with Crippen LogP contribution in [0.15, 0.2) is 13.5 Å². The summed E-state index contributed by atoms with van der Waals surface area (Å²) in [6.07, 6.45) is -14.5. The van der Waals surface area contributed by atoms with E-state index >= 15 is 0 Å². The fourth-order valence-corrected chi connectivity index (χ4v) is 6.30. The van der Waals surface area contributed by atoms with Crippen LogP contribution in [0.5, 0.6) is 0 Å². The van der Waals surface area contributed by atoms with Crippen molar-refractivity contribution in [3.05, 3.63) is 0 Å². The van der Waals surface area contributed by atoms with Crippen molar-refractivity contribution >= 4 is 23.4 Å². The largest absolute Gasteiger partial charge is 0.460 e. The van der Waals surface area contributed by atoms with E-state index in [0.29, 0.717) is 0 Å². The molecule has 1 rings (SSSR count). The van der Waals surface area contributed by atoms with Gasteiger partial charge in [-0.3, -0.25) is 0 Å². The van der Waals surface area contributed by atoms with Crippen LogP contribution >= 0.6 is 23.4 Å². The van der Waals surface area contributed by atoms with Gasteiger partial charge in [-0.1, -0.05) is 0 Å². The monoisotopic (exact) mass is 465 g/mol. The van der Waals surface area contributed by atoms with E-state index in [-0.39, 0.29) is 0 Å². The van der Waals surface area contributed by atoms with Gasteiger partial charge in [-0.05, 0) is 0 Å². The second-order valence-electron chi connectivity index (χ2n) is 3.91. The maximum absolute atomic E-state index is 13.5. The summed E-state index contributed by atoms with van der Waals surface area (Å²) in [4.78, 5) is 0. The minimum absolute atomic E-state index is 1.26. The Hall–Kier alpha value is -0.330. The third-order valence-electron chi connectivity index (χ3n) is 2.00. The van der Waals surface area contributed by atoms with E-state index in [4.69, 9.17) is 0 Å². The smallest absolute Gasteiger partial charge is 0.232 e. The molecule has 0 aromatic carbocycles. The molecular weight excluding hydrogens is 465 g/mol. The van der Waals surface area contributed by atoms with Crippen LogP contribution in [-0.2, 0) is 4.52 Å². The number of hydrogen-bond acceptors (Lipinski definition) is 4. The van der Waals surface area contributed by atoms with Crippen LogP contribution in [0.3, 0.4) is 0 Å². The first-order valence-corrected chi connectivity index (χ1v) is 9.34. The van der Waals surface area contributed by atoms with Crippen LogP contribution in [0.2, 0.25) is 0 Å². The van der Waals surface area contributed by atoms with Gasteiger partial charge in [-0.25, -0.2) is 4.52 Å². The molecule has 0 aromatic rings. The molecule has 0 saturated carbocycles. The van der Waals surface area contributed by atoms with Gasteiger partial charge in [0.1, 0.15) is 0 Å². The lowest BCUT2D eigenvalue weighted by atomic mass is 10.1. The molecule has 25 heavy (non-hydrogen) atoms. The van der Waals surface area contributed by atoms with E-state index in [1.807, 2.05) is 0 Å². The van der Waals surface area contributed by atoms with Gasteiger partial charge in [0.05, 0.1) is 0 Å². The minimum Gasteiger partial charge on any atom is -0.232 e. The number of rotatable bonds is 4. The minimum atomic E-state index is -7.58. The molecule has 0 aromatic heterocycles. The van der Waals surface area contributed by atoms with Crippen LogP contribution < -0.4 is 0 Å². The molecule has 0 radical (unpaired) electrons. The molecule has 1 aliphatic heterocycles.